The van der Waals surface area contributed by atoms with E-state index in [4.69, 9.17) is 11.6 Å². The number of phenols is 1. The van der Waals surface area contributed by atoms with Gasteiger partial charge in [-0.15, -0.1) is 0 Å². The molecule has 0 unspecified atom stereocenters. The number of carbonyl (C=O) groups is 2. The molecule has 3 N–H and O–H groups in total. The number of amides is 2. The molecule has 0 atom stereocenters. The molecule has 104 valence electrons. The summed E-state index contributed by atoms with van der Waals surface area (Å²) in [5.74, 6) is -0.791. The number of halogens is 1. The van der Waals surface area contributed by atoms with Gasteiger partial charge in [0.25, 0.3) is 5.91 Å². The van der Waals surface area contributed by atoms with Crippen molar-refractivity contribution in [2.24, 2.45) is 0 Å². The zero-order valence-electron chi connectivity index (χ0n) is 11.1. The second-order valence-electron chi connectivity index (χ2n) is 5.15. The average molecular weight is 285 g/mol. The summed E-state index contributed by atoms with van der Waals surface area (Å²) >= 11 is 5.70. The van der Waals surface area contributed by atoms with Crippen LogP contribution < -0.4 is 10.6 Å². The predicted molar refractivity (Wildman–Crippen MR) is 73.3 cm³/mol. The number of hydrogen-bond donors (Lipinski definition) is 3. The Labute approximate surface area is 117 Å². The van der Waals surface area contributed by atoms with Gasteiger partial charge < -0.3 is 15.7 Å². The molecule has 0 aliphatic carbocycles. The van der Waals surface area contributed by atoms with E-state index in [-0.39, 0.29) is 34.3 Å². The molecule has 0 aliphatic rings. The van der Waals surface area contributed by atoms with Crippen molar-refractivity contribution in [1.82, 2.24) is 10.6 Å². The highest BCUT2D eigenvalue weighted by atomic mass is 35.5. The van der Waals surface area contributed by atoms with E-state index in [0.717, 1.165) is 0 Å². The van der Waals surface area contributed by atoms with Gasteiger partial charge in [0.1, 0.15) is 5.75 Å². The lowest BCUT2D eigenvalue weighted by Crippen LogP contribution is -2.45. The van der Waals surface area contributed by atoms with Crippen molar-refractivity contribution in [2.45, 2.75) is 26.3 Å². The maximum Gasteiger partial charge on any atom is 0.251 e. The monoisotopic (exact) mass is 284 g/mol. The van der Waals surface area contributed by atoms with Crippen LogP contribution in [0.3, 0.4) is 0 Å². The Morgan fingerprint density at radius 1 is 1.32 bits per heavy atom. The van der Waals surface area contributed by atoms with E-state index in [1.807, 2.05) is 20.8 Å². The minimum atomic E-state index is -0.425. The van der Waals surface area contributed by atoms with Crippen LogP contribution in [-0.4, -0.2) is 29.0 Å². The standard InChI is InChI=1S/C13H17ClN2O3/c1-13(2,3)16-11(18)7-15-12(19)8-4-5-10(17)9(14)6-8/h4-6,17H,7H2,1-3H3,(H,15,19)(H,16,18). The number of rotatable bonds is 3. The number of nitrogens with one attached hydrogen (secondary N) is 2. The molecule has 5 nitrogen and oxygen atoms in total. The van der Waals surface area contributed by atoms with E-state index in [1.165, 1.54) is 18.2 Å². The molecule has 1 aromatic rings. The lowest BCUT2D eigenvalue weighted by Gasteiger charge is -2.20. The number of aromatic hydroxyl groups is 1. The molecule has 6 heteroatoms. The largest absolute Gasteiger partial charge is 0.506 e. The molecule has 1 aromatic carbocycles. The first-order valence-corrected chi connectivity index (χ1v) is 6.14. The van der Waals surface area contributed by atoms with Gasteiger partial charge in [0.05, 0.1) is 11.6 Å². The fourth-order valence-corrected chi connectivity index (χ4v) is 1.55. The molecule has 0 heterocycles. The molecule has 1 rings (SSSR count). The Kier molecular flexibility index (Phi) is 4.78. The van der Waals surface area contributed by atoms with Crippen LogP contribution in [-0.2, 0) is 4.79 Å². The summed E-state index contributed by atoms with van der Waals surface area (Å²) in [6.45, 7) is 5.44. The summed E-state index contributed by atoms with van der Waals surface area (Å²) in [5, 5.41) is 14.5. The van der Waals surface area contributed by atoms with Gasteiger partial charge in [-0.1, -0.05) is 11.6 Å². The topological polar surface area (TPSA) is 78.4 Å². The molecular weight excluding hydrogens is 268 g/mol. The fourth-order valence-electron chi connectivity index (χ4n) is 1.37. The van der Waals surface area contributed by atoms with Crippen LogP contribution >= 0.6 is 11.6 Å². The third-order valence-electron chi connectivity index (χ3n) is 2.13. The number of hydrogen-bond acceptors (Lipinski definition) is 3. The van der Waals surface area contributed by atoms with Crippen LogP contribution in [0.5, 0.6) is 5.75 Å². The van der Waals surface area contributed by atoms with Gasteiger partial charge in [0.2, 0.25) is 5.91 Å². The van der Waals surface area contributed by atoms with Crippen LogP contribution in [0.15, 0.2) is 18.2 Å². The number of benzene rings is 1. The molecule has 0 saturated carbocycles. The van der Waals surface area contributed by atoms with Crippen LogP contribution in [0.2, 0.25) is 5.02 Å². The van der Waals surface area contributed by atoms with E-state index >= 15 is 0 Å². The Morgan fingerprint density at radius 3 is 2.47 bits per heavy atom. The van der Waals surface area contributed by atoms with Gasteiger partial charge >= 0.3 is 0 Å². The van der Waals surface area contributed by atoms with E-state index < -0.39 is 5.91 Å². The molecule has 0 bridgehead atoms. The quantitative estimate of drug-likeness (QED) is 0.790. The van der Waals surface area contributed by atoms with Crippen LogP contribution in [0.25, 0.3) is 0 Å². The van der Waals surface area contributed by atoms with Crippen molar-refractivity contribution in [1.29, 1.82) is 0 Å². The minimum Gasteiger partial charge on any atom is -0.506 e. The molecule has 0 fully saturated rings. The van der Waals surface area contributed by atoms with Gasteiger partial charge in [0.15, 0.2) is 0 Å². The lowest BCUT2D eigenvalue weighted by molar-refractivity contribution is -0.121. The summed E-state index contributed by atoms with van der Waals surface area (Å²) in [4.78, 5) is 23.3. The molecule has 0 aromatic heterocycles. The number of phenolic OH excluding ortho intramolecular Hbond substituents is 1. The second-order valence-corrected chi connectivity index (χ2v) is 5.55. The average Bonchev–Trinajstić information content (AvgIpc) is 2.27. The Morgan fingerprint density at radius 2 is 1.95 bits per heavy atom. The molecule has 2 amide bonds. The van der Waals surface area contributed by atoms with Crippen molar-refractivity contribution < 1.29 is 14.7 Å². The van der Waals surface area contributed by atoms with E-state index in [9.17, 15) is 14.7 Å². The summed E-state index contributed by atoms with van der Waals surface area (Å²) in [6.07, 6.45) is 0. The van der Waals surface area contributed by atoms with Crippen molar-refractivity contribution in [3.05, 3.63) is 28.8 Å². The lowest BCUT2D eigenvalue weighted by atomic mass is 10.1. The van der Waals surface area contributed by atoms with Gasteiger partial charge in [-0.05, 0) is 39.0 Å². The summed E-state index contributed by atoms with van der Waals surface area (Å²) < 4.78 is 0. The predicted octanol–water partition coefficient (Wildman–Crippen LogP) is 1.69. The molecule has 19 heavy (non-hydrogen) atoms. The van der Waals surface area contributed by atoms with Gasteiger partial charge in [-0.2, -0.15) is 0 Å². The second kappa shape index (κ2) is 5.93. The van der Waals surface area contributed by atoms with Crippen molar-refractivity contribution in [3.63, 3.8) is 0 Å². The van der Waals surface area contributed by atoms with Gasteiger partial charge in [-0.3, -0.25) is 9.59 Å². The van der Waals surface area contributed by atoms with Gasteiger partial charge in [-0.25, -0.2) is 0 Å². The Bertz CT molecular complexity index is 495. The molecule has 0 radical (unpaired) electrons. The summed E-state index contributed by atoms with van der Waals surface area (Å²) in [6, 6.07) is 4.10. The van der Waals surface area contributed by atoms with Crippen molar-refractivity contribution in [3.8, 4) is 5.75 Å². The van der Waals surface area contributed by atoms with Crippen molar-refractivity contribution >= 4 is 23.4 Å². The molecular formula is C13H17ClN2O3. The molecule has 0 aliphatic heterocycles. The van der Waals surface area contributed by atoms with Crippen LogP contribution in [0.4, 0.5) is 0 Å². The maximum absolute atomic E-state index is 11.7. The third-order valence-corrected chi connectivity index (χ3v) is 2.44. The summed E-state index contributed by atoms with van der Waals surface area (Å²) in [5.41, 5.74) is -0.0599. The first kappa shape index (κ1) is 15.3. The molecule has 0 spiro atoms. The Balaban J connectivity index is 2.56. The van der Waals surface area contributed by atoms with E-state index in [0.29, 0.717) is 0 Å². The highest BCUT2D eigenvalue weighted by Crippen LogP contribution is 2.23. The zero-order chi connectivity index (χ0) is 14.6. The first-order valence-electron chi connectivity index (χ1n) is 5.77. The SMILES string of the molecule is CC(C)(C)NC(=O)CNC(=O)c1ccc(O)c(Cl)c1. The van der Waals surface area contributed by atoms with Crippen molar-refractivity contribution in [2.75, 3.05) is 6.54 Å². The molecule has 0 saturated heterocycles. The van der Waals surface area contributed by atoms with Crippen LogP contribution in [0, 0.1) is 0 Å². The zero-order valence-corrected chi connectivity index (χ0v) is 11.8. The number of carbonyl (C=O) groups excluding carboxylic acids is 2. The van der Waals surface area contributed by atoms with E-state index in [1.54, 1.807) is 0 Å². The fraction of sp³-hybridized carbons (Fsp3) is 0.385. The van der Waals surface area contributed by atoms with E-state index in [2.05, 4.69) is 10.6 Å². The third kappa shape index (κ3) is 5.18. The van der Waals surface area contributed by atoms with Crippen LogP contribution in [0.1, 0.15) is 31.1 Å². The Hall–Kier alpha value is -1.75. The highest BCUT2D eigenvalue weighted by Gasteiger charge is 2.15. The minimum absolute atomic E-state index is 0.0896. The highest BCUT2D eigenvalue weighted by molar-refractivity contribution is 6.32. The smallest absolute Gasteiger partial charge is 0.251 e. The first-order chi connectivity index (χ1) is 8.69. The normalized spacial score (nSPS) is 10.9. The summed E-state index contributed by atoms with van der Waals surface area (Å²) in [7, 11) is 0. The maximum atomic E-state index is 11.7. The van der Waals surface area contributed by atoms with Gasteiger partial charge in [0, 0.05) is 11.1 Å².